The van der Waals surface area contributed by atoms with Crippen molar-refractivity contribution in [3.05, 3.63) is 24.4 Å². The van der Waals surface area contributed by atoms with Gasteiger partial charge in [0, 0.05) is 37.0 Å². The maximum atomic E-state index is 12.2. The van der Waals surface area contributed by atoms with Crippen LogP contribution in [0.3, 0.4) is 0 Å². The Labute approximate surface area is 131 Å². The van der Waals surface area contributed by atoms with Crippen molar-refractivity contribution >= 4 is 17.7 Å². The van der Waals surface area contributed by atoms with Crippen LogP contribution in [0.4, 0.5) is 0 Å². The second-order valence-electron chi connectivity index (χ2n) is 5.60. The van der Waals surface area contributed by atoms with Crippen molar-refractivity contribution in [3.8, 4) is 5.88 Å². The van der Waals surface area contributed by atoms with Gasteiger partial charge in [-0.05, 0) is 31.1 Å². The Morgan fingerprint density at radius 1 is 1.48 bits per heavy atom. The molecule has 0 saturated carbocycles. The first-order valence-electron chi connectivity index (χ1n) is 7.52. The predicted molar refractivity (Wildman–Crippen MR) is 86.6 cm³/mol. The molecule has 0 bridgehead atoms. The number of nitrogens with zero attached hydrogens (tertiary/aromatic N) is 2. The lowest BCUT2D eigenvalue weighted by Gasteiger charge is -2.33. The number of likely N-dealkylation sites (tertiary alicyclic amines) is 1. The molecule has 0 spiro atoms. The third-order valence-corrected chi connectivity index (χ3v) is 4.70. The first-order valence-corrected chi connectivity index (χ1v) is 8.91. The number of carbonyl (C=O) groups is 1. The summed E-state index contributed by atoms with van der Waals surface area (Å²) >= 11 is 1.73. The fourth-order valence-electron chi connectivity index (χ4n) is 2.59. The van der Waals surface area contributed by atoms with Crippen molar-refractivity contribution in [2.75, 3.05) is 31.7 Å². The Balaban J connectivity index is 1.72. The molecule has 1 atom stereocenters. The van der Waals surface area contributed by atoms with E-state index in [0.29, 0.717) is 24.3 Å². The third-order valence-electron chi connectivity index (χ3n) is 3.87. The molecule has 0 aliphatic carbocycles. The van der Waals surface area contributed by atoms with Gasteiger partial charge in [0.25, 0.3) is 0 Å². The van der Waals surface area contributed by atoms with Gasteiger partial charge in [0.2, 0.25) is 11.8 Å². The molecule has 2 rings (SSSR count). The van der Waals surface area contributed by atoms with E-state index in [4.69, 9.17) is 4.74 Å². The molecule has 1 aliphatic heterocycles. The van der Waals surface area contributed by atoms with E-state index in [1.807, 2.05) is 36.3 Å². The first-order chi connectivity index (χ1) is 10.2. The molecule has 1 aromatic rings. The molecule has 1 aromatic heterocycles. The number of rotatable bonds is 6. The molecule has 0 radical (unpaired) electrons. The highest BCUT2D eigenvalue weighted by Crippen LogP contribution is 2.20. The molecule has 1 amide bonds. The molecule has 5 heteroatoms. The normalized spacial score (nSPS) is 17.5. The van der Waals surface area contributed by atoms with Gasteiger partial charge in [-0.15, -0.1) is 0 Å². The number of hydrogen-bond donors (Lipinski definition) is 0. The molecular formula is C16H24N2O2S. The van der Waals surface area contributed by atoms with Crippen molar-refractivity contribution in [1.29, 1.82) is 0 Å². The summed E-state index contributed by atoms with van der Waals surface area (Å²) in [5, 5.41) is 0. The zero-order valence-corrected chi connectivity index (χ0v) is 13.6. The predicted octanol–water partition coefficient (Wildman–Crippen LogP) is 2.70. The zero-order chi connectivity index (χ0) is 15.1. The number of piperidine rings is 1. The van der Waals surface area contributed by atoms with Crippen LogP contribution in [0.25, 0.3) is 0 Å². The maximum Gasteiger partial charge on any atom is 0.226 e. The zero-order valence-electron chi connectivity index (χ0n) is 12.8. The average molecular weight is 308 g/mol. The Hall–Kier alpha value is -1.23. The van der Waals surface area contributed by atoms with Gasteiger partial charge in [-0.2, -0.15) is 11.8 Å². The van der Waals surface area contributed by atoms with Crippen LogP contribution >= 0.6 is 11.8 Å². The molecular weight excluding hydrogens is 284 g/mol. The van der Waals surface area contributed by atoms with Crippen LogP contribution < -0.4 is 4.74 Å². The van der Waals surface area contributed by atoms with Crippen LogP contribution in [0.15, 0.2) is 24.4 Å². The number of amides is 1. The highest BCUT2D eigenvalue weighted by atomic mass is 32.2. The van der Waals surface area contributed by atoms with Gasteiger partial charge in [0.15, 0.2) is 0 Å². The molecule has 0 N–H and O–H groups in total. The molecule has 21 heavy (non-hydrogen) atoms. The van der Waals surface area contributed by atoms with Crippen LogP contribution in [0.5, 0.6) is 5.88 Å². The molecule has 116 valence electrons. The van der Waals surface area contributed by atoms with Crippen molar-refractivity contribution in [2.45, 2.75) is 19.8 Å². The van der Waals surface area contributed by atoms with Gasteiger partial charge >= 0.3 is 0 Å². The minimum atomic E-state index is 0.126. The molecule has 4 nitrogen and oxygen atoms in total. The van der Waals surface area contributed by atoms with Crippen LogP contribution in [-0.2, 0) is 4.79 Å². The molecule has 1 fully saturated rings. The van der Waals surface area contributed by atoms with Gasteiger partial charge in [-0.1, -0.05) is 13.0 Å². The summed E-state index contributed by atoms with van der Waals surface area (Å²) in [5.41, 5.74) is 0. The summed E-state index contributed by atoms with van der Waals surface area (Å²) in [6.07, 6.45) is 5.82. The second-order valence-corrected chi connectivity index (χ2v) is 6.51. The first kappa shape index (κ1) is 16.1. The summed E-state index contributed by atoms with van der Waals surface area (Å²) in [5.74, 6) is 2.54. The van der Waals surface area contributed by atoms with Gasteiger partial charge in [-0.25, -0.2) is 4.98 Å². The second kappa shape index (κ2) is 8.27. The van der Waals surface area contributed by atoms with Gasteiger partial charge in [0.05, 0.1) is 6.61 Å². The van der Waals surface area contributed by atoms with E-state index in [1.165, 1.54) is 0 Å². The lowest BCUT2D eigenvalue weighted by Crippen LogP contribution is -2.42. The largest absolute Gasteiger partial charge is 0.477 e. The lowest BCUT2D eigenvalue weighted by atomic mass is 9.97. The van der Waals surface area contributed by atoms with E-state index >= 15 is 0 Å². The Morgan fingerprint density at radius 3 is 2.86 bits per heavy atom. The number of aromatic nitrogens is 1. The topological polar surface area (TPSA) is 42.4 Å². The standard InChI is InChI=1S/C16H24N2O2S/c1-13(12-21-2)16(19)18-9-6-14(7-10-18)11-20-15-5-3-4-8-17-15/h3-5,8,13-14H,6-7,9-12H2,1-2H3/t13-/m1/s1. The van der Waals surface area contributed by atoms with Crippen molar-refractivity contribution < 1.29 is 9.53 Å². The minimum absolute atomic E-state index is 0.126. The molecule has 0 unspecified atom stereocenters. The summed E-state index contributed by atoms with van der Waals surface area (Å²) in [7, 11) is 0. The summed E-state index contributed by atoms with van der Waals surface area (Å²) in [6.45, 7) is 4.43. The SMILES string of the molecule is CSC[C@@H](C)C(=O)N1CCC(COc2ccccn2)CC1. The van der Waals surface area contributed by atoms with E-state index in [1.54, 1.807) is 18.0 Å². The fourth-order valence-corrected chi connectivity index (χ4v) is 3.23. The van der Waals surface area contributed by atoms with Gasteiger partial charge < -0.3 is 9.64 Å². The van der Waals surface area contributed by atoms with Gasteiger partial charge in [-0.3, -0.25) is 4.79 Å². The fraction of sp³-hybridized carbons (Fsp3) is 0.625. The van der Waals surface area contributed by atoms with E-state index in [2.05, 4.69) is 4.98 Å². The maximum absolute atomic E-state index is 12.2. The molecule has 1 aliphatic rings. The van der Waals surface area contributed by atoms with E-state index in [9.17, 15) is 4.79 Å². The Bertz CT molecular complexity index is 433. The van der Waals surface area contributed by atoms with Crippen molar-refractivity contribution in [3.63, 3.8) is 0 Å². The van der Waals surface area contributed by atoms with Crippen molar-refractivity contribution in [1.82, 2.24) is 9.88 Å². The van der Waals surface area contributed by atoms with E-state index in [-0.39, 0.29) is 5.92 Å². The number of pyridine rings is 1. The number of hydrogen-bond acceptors (Lipinski definition) is 4. The quantitative estimate of drug-likeness (QED) is 0.810. The number of thioether (sulfide) groups is 1. The molecule has 1 saturated heterocycles. The van der Waals surface area contributed by atoms with Crippen LogP contribution in [0.1, 0.15) is 19.8 Å². The van der Waals surface area contributed by atoms with Crippen molar-refractivity contribution in [2.24, 2.45) is 11.8 Å². The number of ether oxygens (including phenoxy) is 1. The molecule has 0 aromatic carbocycles. The average Bonchev–Trinajstić information content (AvgIpc) is 2.54. The summed E-state index contributed by atoms with van der Waals surface area (Å²) < 4.78 is 5.71. The van der Waals surface area contributed by atoms with Gasteiger partial charge in [0.1, 0.15) is 0 Å². The van der Waals surface area contributed by atoms with Crippen LogP contribution in [0.2, 0.25) is 0 Å². The Kier molecular flexibility index (Phi) is 6.36. The number of carbonyl (C=O) groups excluding carboxylic acids is 1. The highest BCUT2D eigenvalue weighted by molar-refractivity contribution is 7.98. The third kappa shape index (κ3) is 4.92. The van der Waals surface area contributed by atoms with Crippen LogP contribution in [0, 0.1) is 11.8 Å². The lowest BCUT2D eigenvalue weighted by molar-refractivity contribution is -0.135. The summed E-state index contributed by atoms with van der Waals surface area (Å²) in [6, 6.07) is 5.69. The highest BCUT2D eigenvalue weighted by Gasteiger charge is 2.26. The Morgan fingerprint density at radius 2 is 2.24 bits per heavy atom. The van der Waals surface area contributed by atoms with E-state index in [0.717, 1.165) is 31.7 Å². The minimum Gasteiger partial charge on any atom is -0.477 e. The smallest absolute Gasteiger partial charge is 0.226 e. The van der Waals surface area contributed by atoms with Crippen LogP contribution in [-0.4, -0.2) is 47.5 Å². The monoisotopic (exact) mass is 308 g/mol. The summed E-state index contributed by atoms with van der Waals surface area (Å²) in [4.78, 5) is 18.4. The molecule has 2 heterocycles. The van der Waals surface area contributed by atoms with E-state index < -0.39 is 0 Å².